The second-order valence-electron chi connectivity index (χ2n) is 4.40. The molecular formula is C13H16O4. The molecule has 0 aliphatic carbocycles. The Morgan fingerprint density at radius 3 is 2.06 bits per heavy atom. The van der Waals surface area contributed by atoms with E-state index in [4.69, 9.17) is 14.3 Å². The molecule has 1 rings (SSSR count). The molecule has 0 unspecified atom stereocenters. The Balaban J connectivity index is 0.000000770. The summed E-state index contributed by atoms with van der Waals surface area (Å²) in [7, 11) is 0. The lowest BCUT2D eigenvalue weighted by Gasteiger charge is -2.16. The van der Waals surface area contributed by atoms with Crippen molar-refractivity contribution in [3.8, 4) is 0 Å². The van der Waals surface area contributed by atoms with E-state index in [1.807, 2.05) is 51.1 Å². The molecule has 0 amide bonds. The zero-order valence-electron chi connectivity index (χ0n) is 10.2. The van der Waals surface area contributed by atoms with Gasteiger partial charge in [-0.2, -0.15) is 9.59 Å². The minimum atomic E-state index is -0.422. The summed E-state index contributed by atoms with van der Waals surface area (Å²) >= 11 is 0. The standard InChI is InChI=1S/C12H16O2.CO2/c1-12(2,3)11(13)14-9-10-7-5-4-6-8-10;2-1-3/h4-8H,9H2,1-3H3;. The maximum atomic E-state index is 11.4. The SMILES string of the molecule is CC(C)(C)C(=O)OCc1ccccc1.O=C=O. The van der Waals surface area contributed by atoms with Gasteiger partial charge in [0.15, 0.2) is 0 Å². The van der Waals surface area contributed by atoms with Gasteiger partial charge in [-0.15, -0.1) is 0 Å². The van der Waals surface area contributed by atoms with E-state index in [-0.39, 0.29) is 12.1 Å². The number of carbonyl (C=O) groups excluding carboxylic acids is 3. The van der Waals surface area contributed by atoms with Crippen molar-refractivity contribution in [1.82, 2.24) is 0 Å². The molecule has 0 N–H and O–H groups in total. The first-order chi connectivity index (χ1) is 7.91. The van der Waals surface area contributed by atoms with Gasteiger partial charge < -0.3 is 4.74 Å². The molecule has 4 heteroatoms. The topological polar surface area (TPSA) is 60.4 Å². The number of hydrogen-bond donors (Lipinski definition) is 0. The lowest BCUT2D eigenvalue weighted by Crippen LogP contribution is -2.22. The number of ether oxygens (including phenoxy) is 1. The van der Waals surface area contributed by atoms with Crippen LogP contribution in [0.4, 0.5) is 0 Å². The third kappa shape index (κ3) is 7.03. The van der Waals surface area contributed by atoms with E-state index < -0.39 is 5.41 Å². The van der Waals surface area contributed by atoms with E-state index in [1.54, 1.807) is 0 Å². The van der Waals surface area contributed by atoms with E-state index in [0.29, 0.717) is 6.61 Å². The van der Waals surface area contributed by atoms with Gasteiger partial charge in [-0.1, -0.05) is 30.3 Å². The fourth-order valence-corrected chi connectivity index (χ4v) is 0.940. The number of hydrogen-bond acceptors (Lipinski definition) is 4. The molecule has 0 saturated carbocycles. The number of esters is 1. The molecule has 17 heavy (non-hydrogen) atoms. The lowest BCUT2D eigenvalue weighted by molar-refractivity contribution is -0.191. The summed E-state index contributed by atoms with van der Waals surface area (Å²) < 4.78 is 5.15. The Labute approximate surface area is 101 Å². The van der Waals surface area contributed by atoms with Crippen LogP contribution >= 0.6 is 0 Å². The van der Waals surface area contributed by atoms with E-state index >= 15 is 0 Å². The van der Waals surface area contributed by atoms with Crippen LogP contribution in [0.5, 0.6) is 0 Å². The van der Waals surface area contributed by atoms with E-state index in [9.17, 15) is 4.79 Å². The minimum absolute atomic E-state index is 0.165. The van der Waals surface area contributed by atoms with Crippen LogP contribution in [0.15, 0.2) is 30.3 Å². The average Bonchev–Trinajstić information content (AvgIpc) is 2.27. The smallest absolute Gasteiger partial charge is 0.373 e. The van der Waals surface area contributed by atoms with E-state index in [2.05, 4.69) is 0 Å². The van der Waals surface area contributed by atoms with Crippen LogP contribution < -0.4 is 0 Å². The minimum Gasteiger partial charge on any atom is -0.460 e. The summed E-state index contributed by atoms with van der Waals surface area (Å²) in [6, 6.07) is 9.68. The molecule has 1 aromatic rings. The molecule has 0 aromatic heterocycles. The van der Waals surface area contributed by atoms with Gasteiger partial charge in [0.2, 0.25) is 0 Å². The highest BCUT2D eigenvalue weighted by Gasteiger charge is 2.22. The van der Waals surface area contributed by atoms with Gasteiger partial charge in [0, 0.05) is 0 Å². The maximum Gasteiger partial charge on any atom is 0.373 e. The summed E-state index contributed by atoms with van der Waals surface area (Å²) in [5.74, 6) is -0.165. The zero-order chi connectivity index (χ0) is 13.3. The fourth-order valence-electron chi connectivity index (χ4n) is 0.940. The molecule has 0 atom stereocenters. The Bertz CT molecular complexity index is 370. The van der Waals surface area contributed by atoms with Crippen LogP contribution in [0.2, 0.25) is 0 Å². The van der Waals surface area contributed by atoms with Crippen LogP contribution in [0, 0.1) is 5.41 Å². The third-order valence-electron chi connectivity index (χ3n) is 1.83. The molecule has 92 valence electrons. The second kappa shape index (κ2) is 7.36. The van der Waals surface area contributed by atoms with Crippen LogP contribution in [-0.4, -0.2) is 12.1 Å². The fraction of sp³-hybridized carbons (Fsp3) is 0.385. The van der Waals surface area contributed by atoms with E-state index in [0.717, 1.165) is 5.56 Å². The van der Waals surface area contributed by atoms with Crippen molar-refractivity contribution >= 4 is 12.1 Å². The molecule has 0 spiro atoms. The van der Waals surface area contributed by atoms with Gasteiger partial charge in [0.1, 0.15) is 6.61 Å². The Morgan fingerprint density at radius 1 is 1.18 bits per heavy atom. The summed E-state index contributed by atoms with van der Waals surface area (Å²) in [6.45, 7) is 5.90. The predicted molar refractivity (Wildman–Crippen MR) is 60.7 cm³/mol. The predicted octanol–water partition coefficient (Wildman–Crippen LogP) is 2.19. The summed E-state index contributed by atoms with van der Waals surface area (Å²) in [5, 5.41) is 0. The van der Waals surface area contributed by atoms with Gasteiger partial charge in [-0.3, -0.25) is 4.79 Å². The zero-order valence-corrected chi connectivity index (χ0v) is 10.2. The maximum absolute atomic E-state index is 11.4. The largest absolute Gasteiger partial charge is 0.460 e. The van der Waals surface area contributed by atoms with Crippen molar-refractivity contribution in [3.05, 3.63) is 35.9 Å². The van der Waals surface area contributed by atoms with Gasteiger partial charge in [-0.05, 0) is 26.3 Å². The van der Waals surface area contributed by atoms with Crippen LogP contribution in [0.3, 0.4) is 0 Å². The summed E-state index contributed by atoms with van der Waals surface area (Å²) in [4.78, 5) is 27.7. The molecule has 4 nitrogen and oxygen atoms in total. The molecule has 0 aliphatic rings. The van der Waals surface area contributed by atoms with Crippen molar-refractivity contribution in [2.24, 2.45) is 5.41 Å². The van der Waals surface area contributed by atoms with Crippen molar-refractivity contribution in [1.29, 1.82) is 0 Å². The highest BCUT2D eigenvalue weighted by atomic mass is 16.5. The van der Waals surface area contributed by atoms with Gasteiger partial charge in [0.25, 0.3) is 0 Å². The lowest BCUT2D eigenvalue weighted by atomic mass is 9.97. The van der Waals surface area contributed by atoms with Crippen molar-refractivity contribution in [2.75, 3.05) is 0 Å². The molecule has 0 radical (unpaired) electrons. The quantitative estimate of drug-likeness (QED) is 0.738. The molecule has 0 fully saturated rings. The number of rotatable bonds is 2. The Hall–Kier alpha value is -1.93. The molecule has 0 aliphatic heterocycles. The molecule has 0 bridgehead atoms. The Kier molecular flexibility index (Phi) is 6.53. The van der Waals surface area contributed by atoms with Crippen LogP contribution in [0.1, 0.15) is 26.3 Å². The average molecular weight is 236 g/mol. The van der Waals surface area contributed by atoms with Gasteiger partial charge in [0.05, 0.1) is 5.41 Å². The van der Waals surface area contributed by atoms with Crippen molar-refractivity contribution in [3.63, 3.8) is 0 Å². The van der Waals surface area contributed by atoms with E-state index in [1.165, 1.54) is 0 Å². The number of benzene rings is 1. The highest BCUT2D eigenvalue weighted by molar-refractivity contribution is 5.75. The van der Waals surface area contributed by atoms with Gasteiger partial charge in [-0.25, -0.2) is 0 Å². The highest BCUT2D eigenvalue weighted by Crippen LogP contribution is 2.16. The summed E-state index contributed by atoms with van der Waals surface area (Å²) in [6.07, 6.45) is 0.250. The second-order valence-corrected chi connectivity index (χ2v) is 4.40. The first-order valence-electron chi connectivity index (χ1n) is 5.12. The molecule has 0 heterocycles. The van der Waals surface area contributed by atoms with Crippen molar-refractivity contribution in [2.45, 2.75) is 27.4 Å². The summed E-state index contributed by atoms with van der Waals surface area (Å²) in [5.41, 5.74) is 0.597. The first-order valence-corrected chi connectivity index (χ1v) is 5.12. The molecule has 0 saturated heterocycles. The van der Waals surface area contributed by atoms with Crippen LogP contribution in [0.25, 0.3) is 0 Å². The van der Waals surface area contributed by atoms with Crippen LogP contribution in [-0.2, 0) is 25.7 Å². The van der Waals surface area contributed by atoms with Gasteiger partial charge >= 0.3 is 12.1 Å². The normalized spacial score (nSPS) is 9.59. The Morgan fingerprint density at radius 2 is 1.65 bits per heavy atom. The van der Waals surface area contributed by atoms with Crippen molar-refractivity contribution < 1.29 is 19.1 Å². The number of carbonyl (C=O) groups is 1. The first kappa shape index (κ1) is 15.1. The monoisotopic (exact) mass is 236 g/mol. The molecule has 1 aromatic carbocycles. The molecular weight excluding hydrogens is 220 g/mol. The third-order valence-corrected chi connectivity index (χ3v) is 1.83.